The summed E-state index contributed by atoms with van der Waals surface area (Å²) in [5, 5.41) is 3.11. The summed E-state index contributed by atoms with van der Waals surface area (Å²) in [6.45, 7) is 4.68. The minimum atomic E-state index is -0.00208. The van der Waals surface area contributed by atoms with Gasteiger partial charge in [0.05, 0.1) is 5.92 Å². The molecule has 1 aromatic rings. The normalized spacial score (nSPS) is 19.9. The lowest BCUT2D eigenvalue weighted by atomic mass is 9.82. The van der Waals surface area contributed by atoms with E-state index in [0.717, 1.165) is 19.3 Å². The minimum Gasteiger partial charge on any atom is -0.351 e. The summed E-state index contributed by atoms with van der Waals surface area (Å²) in [5.41, 5.74) is 8.25. The fraction of sp³-hybridized carbons (Fsp3) is 0.562. The van der Waals surface area contributed by atoms with Crippen LogP contribution in [-0.2, 0) is 11.2 Å². The van der Waals surface area contributed by atoms with Crippen LogP contribution in [0.5, 0.6) is 0 Å². The van der Waals surface area contributed by atoms with Gasteiger partial charge in [-0.05, 0) is 36.3 Å². The van der Waals surface area contributed by atoms with Gasteiger partial charge in [-0.1, -0.05) is 38.1 Å². The van der Waals surface area contributed by atoms with Crippen molar-refractivity contribution in [1.29, 1.82) is 0 Å². The van der Waals surface area contributed by atoms with Gasteiger partial charge in [-0.15, -0.1) is 0 Å². The molecule has 3 heteroatoms. The summed E-state index contributed by atoms with van der Waals surface area (Å²) in [6.07, 6.45) is 3.12. The van der Waals surface area contributed by atoms with Crippen LogP contribution in [-0.4, -0.2) is 18.5 Å². The first-order chi connectivity index (χ1) is 9.13. The van der Waals surface area contributed by atoms with Crippen molar-refractivity contribution < 1.29 is 4.79 Å². The average Bonchev–Trinajstić information content (AvgIpc) is 2.43. The molecule has 2 unspecified atom stereocenters. The Hall–Kier alpha value is -1.35. The maximum absolute atomic E-state index is 12.5. The molecule has 1 aliphatic carbocycles. The maximum Gasteiger partial charge on any atom is 0.227 e. The fourth-order valence-corrected chi connectivity index (χ4v) is 2.81. The summed E-state index contributed by atoms with van der Waals surface area (Å²) < 4.78 is 0. The highest BCUT2D eigenvalue weighted by Crippen LogP contribution is 2.31. The van der Waals surface area contributed by atoms with Gasteiger partial charge in [0.25, 0.3) is 0 Å². The molecule has 3 nitrogen and oxygen atoms in total. The predicted octanol–water partition coefficient (Wildman–Crippen LogP) is 2.21. The molecule has 0 spiro atoms. The number of hydrogen-bond donors (Lipinski definition) is 2. The molecule has 2 atom stereocenters. The topological polar surface area (TPSA) is 55.1 Å². The van der Waals surface area contributed by atoms with E-state index in [1.54, 1.807) is 0 Å². The number of benzene rings is 1. The Bertz CT molecular complexity index is 442. The molecule has 0 saturated heterocycles. The summed E-state index contributed by atoms with van der Waals surface area (Å²) in [4.78, 5) is 12.5. The number of rotatable bonds is 4. The highest BCUT2D eigenvalue weighted by molar-refractivity contribution is 5.84. The first-order valence-corrected chi connectivity index (χ1v) is 7.21. The Morgan fingerprint density at radius 2 is 2.16 bits per heavy atom. The molecule has 1 amide bonds. The van der Waals surface area contributed by atoms with Gasteiger partial charge < -0.3 is 11.1 Å². The molecule has 2 rings (SSSR count). The molecule has 3 N–H and O–H groups in total. The van der Waals surface area contributed by atoms with Crippen LogP contribution in [0.15, 0.2) is 24.3 Å². The second kappa shape index (κ2) is 6.20. The molecule has 1 aromatic carbocycles. The average molecular weight is 260 g/mol. The molecule has 0 fully saturated rings. The number of carbonyl (C=O) groups is 1. The number of fused-ring (bicyclic) bond motifs is 1. The van der Waals surface area contributed by atoms with Crippen LogP contribution >= 0.6 is 0 Å². The van der Waals surface area contributed by atoms with E-state index in [1.165, 1.54) is 11.1 Å². The van der Waals surface area contributed by atoms with E-state index in [2.05, 4.69) is 37.4 Å². The van der Waals surface area contributed by atoms with Gasteiger partial charge in [-0.2, -0.15) is 0 Å². The molecule has 19 heavy (non-hydrogen) atoms. The quantitative estimate of drug-likeness (QED) is 0.872. The van der Waals surface area contributed by atoms with Crippen LogP contribution < -0.4 is 11.1 Å². The third-order valence-corrected chi connectivity index (χ3v) is 4.07. The predicted molar refractivity (Wildman–Crippen MR) is 77.9 cm³/mol. The third-order valence-electron chi connectivity index (χ3n) is 4.07. The molecule has 0 bridgehead atoms. The molecule has 0 radical (unpaired) electrons. The molecule has 1 aliphatic rings. The van der Waals surface area contributed by atoms with Gasteiger partial charge in [-0.25, -0.2) is 0 Å². The zero-order valence-electron chi connectivity index (χ0n) is 11.9. The van der Waals surface area contributed by atoms with Crippen LogP contribution in [0, 0.1) is 5.92 Å². The zero-order chi connectivity index (χ0) is 13.8. The Morgan fingerprint density at radius 3 is 2.84 bits per heavy atom. The Morgan fingerprint density at radius 1 is 1.42 bits per heavy atom. The van der Waals surface area contributed by atoms with Gasteiger partial charge in [0, 0.05) is 12.6 Å². The summed E-state index contributed by atoms with van der Waals surface area (Å²) in [6, 6.07) is 8.37. The first-order valence-electron chi connectivity index (χ1n) is 7.21. The molecule has 0 heterocycles. The lowest BCUT2D eigenvalue weighted by Gasteiger charge is -2.28. The van der Waals surface area contributed by atoms with Crippen molar-refractivity contribution >= 4 is 5.91 Å². The largest absolute Gasteiger partial charge is 0.351 e. The van der Waals surface area contributed by atoms with E-state index >= 15 is 0 Å². The number of aryl methyl sites for hydroxylation is 1. The maximum atomic E-state index is 12.5. The third kappa shape index (κ3) is 3.16. The van der Waals surface area contributed by atoms with Gasteiger partial charge in [0.2, 0.25) is 5.91 Å². The van der Waals surface area contributed by atoms with Crippen molar-refractivity contribution in [3.8, 4) is 0 Å². The van der Waals surface area contributed by atoms with Crippen molar-refractivity contribution in [2.45, 2.75) is 45.1 Å². The van der Waals surface area contributed by atoms with Crippen molar-refractivity contribution in [2.24, 2.45) is 11.7 Å². The van der Waals surface area contributed by atoms with E-state index in [9.17, 15) is 4.79 Å². The minimum absolute atomic E-state index is 0.00208. The van der Waals surface area contributed by atoms with Crippen LogP contribution in [0.3, 0.4) is 0 Å². The van der Waals surface area contributed by atoms with Crippen molar-refractivity contribution in [3.05, 3.63) is 35.4 Å². The number of amides is 1. The fourth-order valence-electron chi connectivity index (χ4n) is 2.81. The van der Waals surface area contributed by atoms with Crippen LogP contribution in [0.1, 0.15) is 43.7 Å². The lowest BCUT2D eigenvalue weighted by molar-refractivity contribution is -0.123. The van der Waals surface area contributed by atoms with E-state index < -0.39 is 0 Å². The zero-order valence-corrected chi connectivity index (χ0v) is 11.9. The standard InChI is InChI=1S/C16H24N2O/c1-11(2)15(10-17)18-16(19)14-9-5-7-12-6-3-4-8-13(12)14/h3-4,6,8,11,14-15H,5,7,9-10,17H2,1-2H3,(H,18,19). The van der Waals surface area contributed by atoms with E-state index in [1.807, 2.05) is 6.07 Å². The molecule has 0 aliphatic heterocycles. The van der Waals surface area contributed by atoms with Gasteiger partial charge >= 0.3 is 0 Å². The Balaban J connectivity index is 2.12. The summed E-state index contributed by atoms with van der Waals surface area (Å²) in [7, 11) is 0. The van der Waals surface area contributed by atoms with Crippen LogP contribution in [0.25, 0.3) is 0 Å². The monoisotopic (exact) mass is 260 g/mol. The van der Waals surface area contributed by atoms with Crippen molar-refractivity contribution in [2.75, 3.05) is 6.54 Å². The van der Waals surface area contributed by atoms with Crippen LogP contribution in [0.4, 0.5) is 0 Å². The number of nitrogens with two attached hydrogens (primary N) is 1. The van der Waals surface area contributed by atoms with E-state index in [4.69, 9.17) is 5.73 Å². The Kier molecular flexibility index (Phi) is 4.59. The molecular weight excluding hydrogens is 236 g/mol. The Labute approximate surface area is 115 Å². The number of nitrogens with one attached hydrogen (secondary N) is 1. The number of carbonyl (C=O) groups excluding carboxylic acids is 1. The van der Waals surface area contributed by atoms with Crippen molar-refractivity contribution in [1.82, 2.24) is 5.32 Å². The van der Waals surface area contributed by atoms with Crippen molar-refractivity contribution in [3.63, 3.8) is 0 Å². The van der Waals surface area contributed by atoms with Gasteiger partial charge in [0.1, 0.15) is 0 Å². The highest BCUT2D eigenvalue weighted by atomic mass is 16.1. The summed E-state index contributed by atoms with van der Waals surface area (Å²) in [5.74, 6) is 0.502. The van der Waals surface area contributed by atoms with Crippen LogP contribution in [0.2, 0.25) is 0 Å². The second-order valence-corrected chi connectivity index (χ2v) is 5.74. The molecule has 0 aromatic heterocycles. The molecule has 104 valence electrons. The molecular formula is C16H24N2O. The summed E-state index contributed by atoms with van der Waals surface area (Å²) >= 11 is 0. The molecule has 0 saturated carbocycles. The SMILES string of the molecule is CC(C)C(CN)NC(=O)C1CCCc2ccccc21. The van der Waals surface area contributed by atoms with E-state index in [0.29, 0.717) is 12.5 Å². The second-order valence-electron chi connectivity index (χ2n) is 5.74. The highest BCUT2D eigenvalue weighted by Gasteiger charge is 2.27. The van der Waals surface area contributed by atoms with Gasteiger partial charge in [-0.3, -0.25) is 4.79 Å². The first kappa shape index (κ1) is 14.1. The van der Waals surface area contributed by atoms with E-state index in [-0.39, 0.29) is 17.9 Å². The lowest BCUT2D eigenvalue weighted by Crippen LogP contribution is -2.45. The number of hydrogen-bond acceptors (Lipinski definition) is 2. The van der Waals surface area contributed by atoms with Gasteiger partial charge in [0.15, 0.2) is 0 Å². The smallest absolute Gasteiger partial charge is 0.227 e.